The first-order valence-corrected chi connectivity index (χ1v) is 12.6. The van der Waals surface area contributed by atoms with Gasteiger partial charge < -0.3 is 10.6 Å². The van der Waals surface area contributed by atoms with Gasteiger partial charge in [0.25, 0.3) is 15.9 Å². The molecule has 7 nitrogen and oxygen atoms in total. The smallest absolute Gasteiger partial charge is 0.264 e. The van der Waals surface area contributed by atoms with Crippen LogP contribution in [0.3, 0.4) is 0 Å². The highest BCUT2D eigenvalue weighted by atomic mass is 32.2. The lowest BCUT2D eigenvalue weighted by atomic mass is 10.1. The average molecular weight is 498 g/mol. The number of hydrogen-bond acceptors (Lipinski definition) is 4. The van der Waals surface area contributed by atoms with E-state index in [1.165, 1.54) is 24.3 Å². The summed E-state index contributed by atoms with van der Waals surface area (Å²) in [6.07, 6.45) is 0.740. The highest BCUT2D eigenvalue weighted by Gasteiger charge is 2.28. The Bertz CT molecular complexity index is 1290. The highest BCUT2D eigenvalue weighted by Crippen LogP contribution is 2.25. The Morgan fingerprint density at radius 3 is 2.23 bits per heavy atom. The van der Waals surface area contributed by atoms with Crippen LogP contribution in [0.2, 0.25) is 0 Å². The maximum absolute atomic E-state index is 13.5. The standard InChI is InChI=1S/C26H28FN3O4S/c1-4-19(3)28-26(32)23-7-5-6-8-24(23)29-25(31)17-30(21-13-11-20(27)12-14-21)35(33,34)22-15-9-18(2)10-16-22/h5-16,19H,4,17H2,1-3H3,(H,28,32)(H,29,31). The summed E-state index contributed by atoms with van der Waals surface area (Å²) >= 11 is 0. The van der Waals surface area contributed by atoms with E-state index in [9.17, 15) is 22.4 Å². The van der Waals surface area contributed by atoms with Crippen LogP contribution in [0.15, 0.2) is 77.7 Å². The number of amides is 2. The molecule has 0 aliphatic heterocycles. The van der Waals surface area contributed by atoms with Gasteiger partial charge in [-0.3, -0.25) is 13.9 Å². The number of nitrogens with zero attached hydrogens (tertiary/aromatic N) is 1. The molecule has 2 N–H and O–H groups in total. The molecule has 3 aromatic rings. The lowest BCUT2D eigenvalue weighted by Gasteiger charge is -2.24. The second-order valence-corrected chi connectivity index (χ2v) is 10.0. The molecule has 0 fully saturated rings. The third-order valence-electron chi connectivity index (χ3n) is 5.45. The van der Waals surface area contributed by atoms with Crippen LogP contribution in [0.5, 0.6) is 0 Å². The highest BCUT2D eigenvalue weighted by molar-refractivity contribution is 7.92. The van der Waals surface area contributed by atoms with Crippen LogP contribution < -0.4 is 14.9 Å². The number of hydrogen-bond donors (Lipinski definition) is 2. The molecule has 0 radical (unpaired) electrons. The number of para-hydroxylation sites is 1. The minimum atomic E-state index is -4.15. The predicted molar refractivity (Wildman–Crippen MR) is 134 cm³/mol. The van der Waals surface area contributed by atoms with E-state index in [1.54, 1.807) is 36.4 Å². The van der Waals surface area contributed by atoms with Gasteiger partial charge in [0.05, 0.1) is 21.8 Å². The fourth-order valence-electron chi connectivity index (χ4n) is 3.27. The van der Waals surface area contributed by atoms with E-state index in [0.29, 0.717) is 0 Å². The number of sulfonamides is 1. The van der Waals surface area contributed by atoms with E-state index in [1.807, 2.05) is 20.8 Å². The number of aryl methyl sites for hydroxylation is 1. The second kappa shape index (κ2) is 11.1. The Balaban J connectivity index is 1.90. The van der Waals surface area contributed by atoms with Gasteiger partial charge in [0.15, 0.2) is 0 Å². The zero-order valence-corrected chi connectivity index (χ0v) is 20.6. The third kappa shape index (κ3) is 6.45. The van der Waals surface area contributed by atoms with Crippen molar-refractivity contribution in [2.45, 2.75) is 38.1 Å². The van der Waals surface area contributed by atoms with Gasteiger partial charge in [-0.2, -0.15) is 0 Å². The molecule has 0 saturated carbocycles. The SMILES string of the molecule is CCC(C)NC(=O)c1ccccc1NC(=O)CN(c1ccc(F)cc1)S(=O)(=O)c1ccc(C)cc1. The molecule has 35 heavy (non-hydrogen) atoms. The fraction of sp³-hybridized carbons (Fsp3) is 0.231. The average Bonchev–Trinajstić information content (AvgIpc) is 2.83. The van der Waals surface area contributed by atoms with Crippen LogP contribution in [0.4, 0.5) is 15.8 Å². The van der Waals surface area contributed by atoms with Crippen molar-refractivity contribution in [3.05, 3.63) is 89.7 Å². The molecule has 3 rings (SSSR count). The number of carbonyl (C=O) groups excluding carboxylic acids is 2. The summed E-state index contributed by atoms with van der Waals surface area (Å²) in [5.74, 6) is -1.54. The molecule has 0 aromatic heterocycles. The molecule has 0 aliphatic carbocycles. The van der Waals surface area contributed by atoms with E-state index < -0.39 is 28.3 Å². The van der Waals surface area contributed by atoms with Crippen LogP contribution in [0.1, 0.15) is 36.2 Å². The Kier molecular flexibility index (Phi) is 8.24. The van der Waals surface area contributed by atoms with E-state index in [0.717, 1.165) is 28.4 Å². The lowest BCUT2D eigenvalue weighted by Crippen LogP contribution is -2.38. The molecular weight excluding hydrogens is 469 g/mol. The van der Waals surface area contributed by atoms with Crippen molar-refractivity contribution in [2.75, 3.05) is 16.2 Å². The van der Waals surface area contributed by atoms with Crippen LogP contribution in [0, 0.1) is 12.7 Å². The molecule has 3 aromatic carbocycles. The van der Waals surface area contributed by atoms with Crippen molar-refractivity contribution in [1.82, 2.24) is 5.32 Å². The Hall–Kier alpha value is -3.72. The molecule has 0 bridgehead atoms. The minimum Gasteiger partial charge on any atom is -0.350 e. The summed E-state index contributed by atoms with van der Waals surface area (Å²) in [4.78, 5) is 25.7. The summed E-state index contributed by atoms with van der Waals surface area (Å²) in [5, 5.41) is 5.50. The predicted octanol–water partition coefficient (Wildman–Crippen LogP) is 4.50. The molecule has 184 valence electrons. The van der Waals surface area contributed by atoms with Crippen molar-refractivity contribution < 1.29 is 22.4 Å². The van der Waals surface area contributed by atoms with Crippen LogP contribution in [0.25, 0.3) is 0 Å². The van der Waals surface area contributed by atoms with Crippen LogP contribution in [-0.4, -0.2) is 32.8 Å². The molecule has 0 aliphatic rings. The third-order valence-corrected chi connectivity index (χ3v) is 7.23. The zero-order chi connectivity index (χ0) is 25.6. The number of rotatable bonds is 9. The zero-order valence-electron chi connectivity index (χ0n) is 19.8. The van der Waals surface area contributed by atoms with Gasteiger partial charge in [0.1, 0.15) is 12.4 Å². The van der Waals surface area contributed by atoms with Crippen molar-refractivity contribution in [1.29, 1.82) is 0 Å². The quantitative estimate of drug-likeness (QED) is 0.455. The summed E-state index contributed by atoms with van der Waals surface area (Å²) in [6, 6.07) is 17.5. The molecule has 0 heterocycles. The van der Waals surface area contributed by atoms with Gasteiger partial charge in [-0.1, -0.05) is 36.8 Å². The first kappa shape index (κ1) is 25.9. The van der Waals surface area contributed by atoms with Gasteiger partial charge in [-0.05, 0) is 68.8 Å². The largest absolute Gasteiger partial charge is 0.350 e. The van der Waals surface area contributed by atoms with E-state index in [2.05, 4.69) is 10.6 Å². The van der Waals surface area contributed by atoms with Crippen molar-refractivity contribution in [2.24, 2.45) is 0 Å². The van der Waals surface area contributed by atoms with E-state index in [4.69, 9.17) is 0 Å². The Morgan fingerprint density at radius 2 is 1.60 bits per heavy atom. The van der Waals surface area contributed by atoms with Crippen molar-refractivity contribution >= 4 is 33.2 Å². The number of nitrogens with one attached hydrogen (secondary N) is 2. The van der Waals surface area contributed by atoms with E-state index in [-0.39, 0.29) is 33.8 Å². The van der Waals surface area contributed by atoms with Crippen LogP contribution >= 0.6 is 0 Å². The van der Waals surface area contributed by atoms with Gasteiger partial charge >= 0.3 is 0 Å². The first-order valence-electron chi connectivity index (χ1n) is 11.2. The monoisotopic (exact) mass is 497 g/mol. The van der Waals surface area contributed by atoms with Crippen LogP contribution in [-0.2, 0) is 14.8 Å². The summed E-state index contributed by atoms with van der Waals surface area (Å²) in [7, 11) is -4.15. The molecule has 1 unspecified atom stereocenters. The summed E-state index contributed by atoms with van der Waals surface area (Å²) in [6.45, 7) is 5.06. The van der Waals surface area contributed by atoms with Gasteiger partial charge in [-0.15, -0.1) is 0 Å². The maximum Gasteiger partial charge on any atom is 0.264 e. The second-order valence-electron chi connectivity index (χ2n) is 8.18. The normalized spacial score (nSPS) is 12.0. The van der Waals surface area contributed by atoms with E-state index >= 15 is 0 Å². The molecular formula is C26H28FN3O4S. The lowest BCUT2D eigenvalue weighted by molar-refractivity contribution is -0.114. The molecule has 9 heteroatoms. The molecule has 2 amide bonds. The summed E-state index contributed by atoms with van der Waals surface area (Å²) in [5.41, 5.74) is 1.52. The van der Waals surface area contributed by atoms with Gasteiger partial charge in [-0.25, -0.2) is 12.8 Å². The number of benzene rings is 3. The Labute approximate surface area is 205 Å². The topological polar surface area (TPSA) is 95.6 Å². The maximum atomic E-state index is 13.5. The van der Waals surface area contributed by atoms with Gasteiger partial charge in [0, 0.05) is 6.04 Å². The number of anilines is 2. The number of halogens is 1. The first-order chi connectivity index (χ1) is 16.6. The fourth-order valence-corrected chi connectivity index (χ4v) is 4.69. The minimum absolute atomic E-state index is 0.00597. The number of carbonyl (C=O) groups is 2. The van der Waals surface area contributed by atoms with Crippen molar-refractivity contribution in [3.8, 4) is 0 Å². The van der Waals surface area contributed by atoms with Crippen molar-refractivity contribution in [3.63, 3.8) is 0 Å². The molecule has 0 spiro atoms. The van der Waals surface area contributed by atoms with Gasteiger partial charge in [0.2, 0.25) is 5.91 Å². The molecule has 1 atom stereocenters. The molecule has 0 saturated heterocycles. The summed E-state index contributed by atoms with van der Waals surface area (Å²) < 4.78 is 41.3. The Morgan fingerprint density at radius 1 is 0.971 bits per heavy atom.